The number of nitrogens with two attached hydrogens (primary N) is 1. The maximum Gasteiger partial charge on any atom is 0.573 e. The molecule has 2 aromatic carbocycles. The van der Waals surface area contributed by atoms with Gasteiger partial charge in [-0.2, -0.15) is 0 Å². The van der Waals surface area contributed by atoms with Gasteiger partial charge in [0.2, 0.25) is 0 Å². The fourth-order valence-electron chi connectivity index (χ4n) is 4.82. The number of fused-ring (bicyclic) bond motifs is 1. The number of halogens is 6. The van der Waals surface area contributed by atoms with Gasteiger partial charge in [0.15, 0.2) is 5.79 Å². The molecule has 0 radical (unpaired) electrons. The summed E-state index contributed by atoms with van der Waals surface area (Å²) in [5.74, 6) is 0.464. The van der Waals surface area contributed by atoms with Gasteiger partial charge in [0.25, 0.3) is 0 Å². The molecule has 200 valence electrons. The maximum absolute atomic E-state index is 12.7. The summed E-state index contributed by atoms with van der Waals surface area (Å²) < 4.78 is 42.9. The Balaban J connectivity index is 0.00000228. The number of para-hydroxylation sites is 1. The molecule has 1 atom stereocenters. The zero-order valence-electron chi connectivity index (χ0n) is 19.7. The van der Waals surface area contributed by atoms with Gasteiger partial charge in [0.05, 0.1) is 0 Å². The molecular weight excluding hydrogens is 582 g/mol. The van der Waals surface area contributed by atoms with E-state index in [-0.39, 0.29) is 36.5 Å². The lowest BCUT2D eigenvalue weighted by Gasteiger charge is -2.46. The molecule has 1 fully saturated rings. The topological polar surface area (TPSA) is 83.7 Å². The van der Waals surface area contributed by atoms with E-state index in [4.69, 9.17) is 5.73 Å². The molecule has 36 heavy (non-hydrogen) atoms. The maximum atomic E-state index is 12.7. The number of amidine groups is 1. The SMILES string of the molecule is CN=C1NC(N)(C2CCC(CNCc3ccc(Br)cc3OC(F)(F)F)CC2)Nc2ccccc21.Cl.Cl. The van der Waals surface area contributed by atoms with Crippen LogP contribution in [0.25, 0.3) is 0 Å². The second kappa shape index (κ2) is 12.7. The van der Waals surface area contributed by atoms with Gasteiger partial charge in [-0.3, -0.25) is 10.7 Å². The van der Waals surface area contributed by atoms with Crippen LogP contribution in [0.4, 0.5) is 18.9 Å². The number of rotatable bonds is 6. The van der Waals surface area contributed by atoms with Crippen molar-refractivity contribution in [1.29, 1.82) is 0 Å². The summed E-state index contributed by atoms with van der Waals surface area (Å²) in [6.07, 6.45) is -0.902. The average molecular weight is 613 g/mol. The first kappa shape index (κ1) is 30.5. The number of aliphatic imine (C=N–C) groups is 1. The van der Waals surface area contributed by atoms with Crippen molar-refractivity contribution in [2.24, 2.45) is 22.6 Å². The Bertz CT molecular complexity index is 1050. The minimum atomic E-state index is -4.73. The lowest BCUT2D eigenvalue weighted by atomic mass is 9.77. The summed E-state index contributed by atoms with van der Waals surface area (Å²) in [6, 6.07) is 12.7. The Hall–Kier alpha value is -1.72. The van der Waals surface area contributed by atoms with E-state index in [1.54, 1.807) is 19.2 Å². The molecule has 2 aromatic rings. The summed E-state index contributed by atoms with van der Waals surface area (Å²) in [5.41, 5.74) is 9.23. The molecule has 0 spiro atoms. The molecule has 1 unspecified atom stereocenters. The van der Waals surface area contributed by atoms with Gasteiger partial charge >= 0.3 is 6.36 Å². The van der Waals surface area contributed by atoms with Gasteiger partial charge in [-0.1, -0.05) is 34.1 Å². The number of anilines is 1. The molecule has 1 saturated carbocycles. The molecule has 2 aliphatic rings. The molecule has 4 rings (SSSR count). The average Bonchev–Trinajstić information content (AvgIpc) is 2.79. The number of hydrogen-bond acceptors (Lipinski definition) is 5. The summed E-state index contributed by atoms with van der Waals surface area (Å²) in [7, 11) is 1.75. The van der Waals surface area contributed by atoms with Gasteiger partial charge in [0, 0.05) is 40.8 Å². The number of nitrogens with zero attached hydrogens (tertiary/aromatic N) is 1. The highest BCUT2D eigenvalue weighted by molar-refractivity contribution is 9.10. The molecule has 5 N–H and O–H groups in total. The van der Waals surface area contributed by atoms with E-state index >= 15 is 0 Å². The van der Waals surface area contributed by atoms with E-state index in [1.807, 2.05) is 24.3 Å². The minimum Gasteiger partial charge on any atom is -0.405 e. The van der Waals surface area contributed by atoms with E-state index in [0.717, 1.165) is 49.3 Å². The highest BCUT2D eigenvalue weighted by Crippen LogP contribution is 2.37. The minimum absolute atomic E-state index is 0. The lowest BCUT2D eigenvalue weighted by molar-refractivity contribution is -0.274. The van der Waals surface area contributed by atoms with Crippen molar-refractivity contribution in [1.82, 2.24) is 10.6 Å². The quantitative estimate of drug-likeness (QED) is 0.332. The van der Waals surface area contributed by atoms with Crippen molar-refractivity contribution < 1.29 is 17.9 Å². The second-order valence-corrected chi connectivity index (χ2v) is 9.80. The Morgan fingerprint density at radius 1 is 1.11 bits per heavy atom. The van der Waals surface area contributed by atoms with Crippen molar-refractivity contribution in [3.63, 3.8) is 0 Å². The molecule has 6 nitrogen and oxygen atoms in total. The Morgan fingerprint density at radius 3 is 2.47 bits per heavy atom. The smallest absolute Gasteiger partial charge is 0.405 e. The first-order valence-electron chi connectivity index (χ1n) is 11.3. The molecule has 0 saturated heterocycles. The third-order valence-electron chi connectivity index (χ3n) is 6.57. The van der Waals surface area contributed by atoms with Gasteiger partial charge < -0.3 is 20.7 Å². The number of ether oxygens (including phenoxy) is 1. The predicted molar refractivity (Wildman–Crippen MR) is 145 cm³/mol. The zero-order chi connectivity index (χ0) is 24.3. The van der Waals surface area contributed by atoms with Crippen LogP contribution in [0.3, 0.4) is 0 Å². The summed E-state index contributed by atoms with van der Waals surface area (Å²) >= 11 is 3.20. The molecule has 1 heterocycles. The summed E-state index contributed by atoms with van der Waals surface area (Å²) in [4.78, 5) is 4.39. The van der Waals surface area contributed by atoms with Crippen LogP contribution in [0.5, 0.6) is 5.75 Å². The Labute approximate surface area is 230 Å². The largest absolute Gasteiger partial charge is 0.573 e. The molecular formula is C24H31BrCl2F3N5O. The Kier molecular flexibility index (Phi) is 10.8. The standard InChI is InChI=1S/C24H29BrF3N5O.2ClH/c1-30-22-19-4-2-3-5-20(19)32-23(29,33-22)17-9-6-15(7-10-17)13-31-14-16-8-11-18(25)12-21(16)34-24(26,27)28;;/h2-5,8,11-12,15,17,31-32H,6-7,9-10,13-14,29H2,1H3,(H,30,33);2*1H. The van der Waals surface area contributed by atoms with Crippen molar-refractivity contribution in [2.45, 2.75) is 44.4 Å². The molecule has 1 aliphatic carbocycles. The highest BCUT2D eigenvalue weighted by atomic mass is 79.9. The van der Waals surface area contributed by atoms with Crippen LogP contribution < -0.4 is 26.4 Å². The van der Waals surface area contributed by atoms with Gasteiger partial charge in [-0.25, -0.2) is 0 Å². The normalized spacial score (nSPS) is 24.4. The van der Waals surface area contributed by atoms with E-state index in [9.17, 15) is 13.2 Å². The van der Waals surface area contributed by atoms with Crippen molar-refractivity contribution in [2.75, 3.05) is 18.9 Å². The van der Waals surface area contributed by atoms with Crippen LogP contribution in [0.1, 0.15) is 36.8 Å². The van der Waals surface area contributed by atoms with E-state index < -0.39 is 12.1 Å². The van der Waals surface area contributed by atoms with Crippen LogP contribution in [-0.2, 0) is 6.54 Å². The van der Waals surface area contributed by atoms with Crippen LogP contribution in [0.15, 0.2) is 51.9 Å². The molecule has 0 aromatic heterocycles. The van der Waals surface area contributed by atoms with E-state index in [1.165, 1.54) is 6.07 Å². The first-order chi connectivity index (χ1) is 16.2. The van der Waals surface area contributed by atoms with E-state index in [0.29, 0.717) is 22.5 Å². The van der Waals surface area contributed by atoms with Gasteiger partial charge in [-0.15, -0.1) is 38.0 Å². The van der Waals surface area contributed by atoms with Crippen LogP contribution in [-0.4, -0.2) is 31.6 Å². The van der Waals surface area contributed by atoms with Crippen molar-refractivity contribution in [3.8, 4) is 5.75 Å². The molecule has 12 heteroatoms. The summed E-state index contributed by atoms with van der Waals surface area (Å²) in [6.45, 7) is 1.02. The number of benzene rings is 2. The predicted octanol–water partition coefficient (Wildman–Crippen LogP) is 5.79. The second-order valence-electron chi connectivity index (χ2n) is 8.89. The fraction of sp³-hybridized carbons (Fsp3) is 0.458. The van der Waals surface area contributed by atoms with Gasteiger partial charge in [-0.05, 0) is 62.4 Å². The third-order valence-corrected chi connectivity index (χ3v) is 7.06. The number of nitrogens with one attached hydrogen (secondary N) is 3. The zero-order valence-corrected chi connectivity index (χ0v) is 22.9. The highest BCUT2D eigenvalue weighted by Gasteiger charge is 2.41. The fourth-order valence-corrected chi connectivity index (χ4v) is 5.16. The molecule has 1 aliphatic heterocycles. The van der Waals surface area contributed by atoms with Crippen molar-refractivity contribution in [3.05, 3.63) is 58.1 Å². The molecule has 0 bridgehead atoms. The monoisotopic (exact) mass is 611 g/mol. The van der Waals surface area contributed by atoms with Crippen molar-refractivity contribution >= 4 is 52.3 Å². The third kappa shape index (κ3) is 7.41. The number of alkyl halides is 3. The van der Waals surface area contributed by atoms with Gasteiger partial charge in [0.1, 0.15) is 11.6 Å². The van der Waals surface area contributed by atoms with Crippen LogP contribution in [0, 0.1) is 11.8 Å². The van der Waals surface area contributed by atoms with Crippen LogP contribution in [0.2, 0.25) is 0 Å². The Morgan fingerprint density at radius 2 is 1.81 bits per heavy atom. The lowest BCUT2D eigenvalue weighted by Crippen LogP contribution is -2.68. The van der Waals surface area contributed by atoms with E-state index in [2.05, 4.69) is 41.6 Å². The summed E-state index contributed by atoms with van der Waals surface area (Å²) in [5, 5.41) is 10.2. The van der Waals surface area contributed by atoms with Crippen LogP contribution >= 0.6 is 40.7 Å². The molecule has 0 amide bonds. The first-order valence-corrected chi connectivity index (χ1v) is 12.1. The number of hydrogen-bond donors (Lipinski definition) is 4.